The number of primary amides is 1. The Morgan fingerprint density at radius 2 is 2.00 bits per heavy atom. The summed E-state index contributed by atoms with van der Waals surface area (Å²) in [5.74, 6) is 1.73. The quantitative estimate of drug-likeness (QED) is 0.610. The van der Waals surface area contributed by atoms with Gasteiger partial charge < -0.3 is 10.6 Å². The summed E-state index contributed by atoms with van der Waals surface area (Å²) in [7, 11) is 3.76. The maximum atomic E-state index is 11.1. The van der Waals surface area contributed by atoms with Gasteiger partial charge in [-0.1, -0.05) is 37.8 Å². The fourth-order valence-electron chi connectivity index (χ4n) is 1.20. The third kappa shape index (κ3) is 4.42. The number of carbonyl (C=O) groups excluding carboxylic acids is 1. The third-order valence-electron chi connectivity index (χ3n) is 2.34. The number of nitrogens with two attached hydrogens (primary N) is 1. The second-order valence-electron chi connectivity index (χ2n) is 3.87. The molecule has 0 bridgehead atoms. The lowest BCUT2D eigenvalue weighted by Crippen LogP contribution is -2.32. The molecule has 0 aliphatic carbocycles. The largest absolute Gasteiger partial charge is 0.369 e. The Hall–Kier alpha value is -0.730. The Morgan fingerprint density at radius 1 is 1.50 bits per heavy atom. The summed E-state index contributed by atoms with van der Waals surface area (Å²) < 4.78 is 0.754. The minimum atomic E-state index is -0.369. The standard InChI is InChI=1S/C11H18N2OS2/c1-6-9(7(2)10(12)14)8(3)16-11(15)13(4)5/h1,7-9H,2-5H3,(H2,12,14)/t7-,8?,9?/m1/s1. The number of rotatable bonds is 4. The monoisotopic (exact) mass is 258 g/mol. The molecule has 0 fully saturated rings. The Morgan fingerprint density at radius 3 is 2.31 bits per heavy atom. The first kappa shape index (κ1) is 15.3. The van der Waals surface area contributed by atoms with Crippen molar-refractivity contribution >= 4 is 34.2 Å². The van der Waals surface area contributed by atoms with Gasteiger partial charge in [-0.2, -0.15) is 0 Å². The Balaban J connectivity index is 4.56. The van der Waals surface area contributed by atoms with Crippen molar-refractivity contribution in [1.82, 2.24) is 4.90 Å². The molecule has 3 nitrogen and oxygen atoms in total. The highest BCUT2D eigenvalue weighted by atomic mass is 32.2. The molecule has 3 atom stereocenters. The Kier molecular flexibility index (Phi) is 6.46. The van der Waals surface area contributed by atoms with E-state index in [0.717, 1.165) is 4.32 Å². The molecule has 0 spiro atoms. The summed E-state index contributed by atoms with van der Waals surface area (Å²) in [6.45, 7) is 3.72. The van der Waals surface area contributed by atoms with Crippen molar-refractivity contribution in [2.75, 3.05) is 14.1 Å². The van der Waals surface area contributed by atoms with Gasteiger partial charge >= 0.3 is 0 Å². The Labute approximate surface area is 107 Å². The van der Waals surface area contributed by atoms with Gasteiger partial charge in [-0.3, -0.25) is 4.79 Å². The van der Waals surface area contributed by atoms with Gasteiger partial charge in [0.2, 0.25) is 5.91 Å². The molecule has 16 heavy (non-hydrogen) atoms. The smallest absolute Gasteiger partial charge is 0.221 e. The molecule has 2 unspecified atom stereocenters. The average molecular weight is 258 g/mol. The van der Waals surface area contributed by atoms with Gasteiger partial charge in [0.05, 0.1) is 0 Å². The lowest BCUT2D eigenvalue weighted by Gasteiger charge is -2.24. The predicted molar refractivity (Wildman–Crippen MR) is 74.0 cm³/mol. The summed E-state index contributed by atoms with van der Waals surface area (Å²) in [6.07, 6.45) is 5.44. The summed E-state index contributed by atoms with van der Waals surface area (Å²) in [5.41, 5.74) is 5.25. The topological polar surface area (TPSA) is 46.3 Å². The zero-order valence-corrected chi connectivity index (χ0v) is 11.7. The molecule has 0 aromatic carbocycles. The van der Waals surface area contributed by atoms with E-state index in [1.807, 2.05) is 25.9 Å². The lowest BCUT2D eigenvalue weighted by atomic mass is 9.91. The normalized spacial score (nSPS) is 15.7. The molecule has 0 saturated carbocycles. The van der Waals surface area contributed by atoms with Gasteiger partial charge in [0.1, 0.15) is 4.32 Å². The molecule has 5 heteroatoms. The third-order valence-corrected chi connectivity index (χ3v) is 4.22. The summed E-state index contributed by atoms with van der Waals surface area (Å²) in [5, 5.41) is 0.0717. The lowest BCUT2D eigenvalue weighted by molar-refractivity contribution is -0.122. The minimum Gasteiger partial charge on any atom is -0.369 e. The zero-order valence-electron chi connectivity index (χ0n) is 10.1. The second-order valence-corrected chi connectivity index (χ2v) is 5.88. The molecule has 0 aliphatic rings. The fourth-order valence-corrected chi connectivity index (χ4v) is 2.65. The molecule has 0 radical (unpaired) electrons. The van der Waals surface area contributed by atoms with Crippen LogP contribution in [0.1, 0.15) is 13.8 Å². The van der Waals surface area contributed by atoms with Crippen LogP contribution in [-0.4, -0.2) is 34.5 Å². The first-order chi connectivity index (χ1) is 7.31. The highest BCUT2D eigenvalue weighted by molar-refractivity contribution is 8.23. The fraction of sp³-hybridized carbons (Fsp3) is 0.636. The van der Waals surface area contributed by atoms with Gasteiger partial charge in [0.15, 0.2) is 0 Å². The molecular formula is C11H18N2OS2. The van der Waals surface area contributed by atoms with Crippen LogP contribution in [0.3, 0.4) is 0 Å². The van der Waals surface area contributed by atoms with Crippen LogP contribution < -0.4 is 5.73 Å². The van der Waals surface area contributed by atoms with Crippen LogP contribution in [0.4, 0.5) is 0 Å². The van der Waals surface area contributed by atoms with Crippen molar-refractivity contribution in [2.24, 2.45) is 17.6 Å². The van der Waals surface area contributed by atoms with E-state index >= 15 is 0 Å². The summed E-state index contributed by atoms with van der Waals surface area (Å²) in [4.78, 5) is 12.9. The van der Waals surface area contributed by atoms with Crippen LogP contribution in [0.25, 0.3) is 0 Å². The van der Waals surface area contributed by atoms with E-state index in [9.17, 15) is 4.79 Å². The molecule has 2 N–H and O–H groups in total. The van der Waals surface area contributed by atoms with Crippen LogP contribution in [0, 0.1) is 24.2 Å². The first-order valence-electron chi connectivity index (χ1n) is 4.94. The predicted octanol–water partition coefficient (Wildman–Crippen LogP) is 1.33. The molecule has 0 aliphatic heterocycles. The zero-order chi connectivity index (χ0) is 12.9. The summed E-state index contributed by atoms with van der Waals surface area (Å²) in [6, 6.07) is 0. The van der Waals surface area contributed by atoms with Crippen LogP contribution in [0.5, 0.6) is 0 Å². The number of carbonyl (C=O) groups is 1. The van der Waals surface area contributed by atoms with Crippen molar-refractivity contribution < 1.29 is 4.79 Å². The number of nitrogens with zero attached hydrogens (tertiary/aromatic N) is 1. The van der Waals surface area contributed by atoms with Crippen molar-refractivity contribution in [3.8, 4) is 12.3 Å². The van der Waals surface area contributed by atoms with Gasteiger partial charge in [0, 0.05) is 31.2 Å². The van der Waals surface area contributed by atoms with E-state index in [-0.39, 0.29) is 23.0 Å². The second kappa shape index (κ2) is 6.77. The molecule has 0 saturated heterocycles. The average Bonchev–Trinajstić information content (AvgIpc) is 2.18. The molecular weight excluding hydrogens is 240 g/mol. The first-order valence-corrected chi connectivity index (χ1v) is 6.23. The van der Waals surface area contributed by atoms with Crippen molar-refractivity contribution in [3.05, 3.63) is 0 Å². The highest BCUT2D eigenvalue weighted by Crippen LogP contribution is 2.26. The van der Waals surface area contributed by atoms with Gasteiger partial charge in [0.25, 0.3) is 0 Å². The number of thioether (sulfide) groups is 1. The van der Waals surface area contributed by atoms with Crippen LogP contribution >= 0.6 is 24.0 Å². The van der Waals surface area contributed by atoms with Crippen molar-refractivity contribution in [1.29, 1.82) is 0 Å². The number of hydrogen-bond donors (Lipinski definition) is 1. The van der Waals surface area contributed by atoms with E-state index in [2.05, 4.69) is 5.92 Å². The van der Waals surface area contributed by atoms with Gasteiger partial charge in [-0.05, 0) is 0 Å². The van der Waals surface area contributed by atoms with Gasteiger partial charge in [-0.15, -0.1) is 12.3 Å². The van der Waals surface area contributed by atoms with E-state index < -0.39 is 0 Å². The van der Waals surface area contributed by atoms with E-state index in [1.165, 1.54) is 11.8 Å². The maximum Gasteiger partial charge on any atom is 0.221 e. The van der Waals surface area contributed by atoms with Gasteiger partial charge in [-0.25, -0.2) is 0 Å². The number of thiocarbonyl (C=S) groups is 1. The molecule has 1 amide bonds. The molecule has 0 aromatic heterocycles. The van der Waals surface area contributed by atoms with Crippen LogP contribution in [-0.2, 0) is 4.79 Å². The SMILES string of the molecule is C#CC(C(C)SC(=S)N(C)C)[C@@H](C)C(N)=O. The molecule has 90 valence electrons. The van der Waals surface area contributed by atoms with Crippen LogP contribution in [0.2, 0.25) is 0 Å². The van der Waals surface area contributed by atoms with E-state index in [1.54, 1.807) is 6.92 Å². The maximum absolute atomic E-state index is 11.1. The highest BCUT2D eigenvalue weighted by Gasteiger charge is 2.27. The molecule has 0 rings (SSSR count). The number of amides is 1. The Bertz CT molecular complexity index is 310. The minimum absolute atomic E-state index is 0.0717. The van der Waals surface area contributed by atoms with Crippen molar-refractivity contribution in [2.45, 2.75) is 19.1 Å². The van der Waals surface area contributed by atoms with E-state index in [4.69, 9.17) is 24.4 Å². The van der Waals surface area contributed by atoms with Crippen LogP contribution in [0.15, 0.2) is 0 Å². The van der Waals surface area contributed by atoms with Crippen molar-refractivity contribution in [3.63, 3.8) is 0 Å². The molecule has 0 aromatic rings. The van der Waals surface area contributed by atoms with E-state index in [0.29, 0.717) is 0 Å². The molecule has 0 heterocycles. The number of terminal acetylenes is 1. The number of hydrogen-bond acceptors (Lipinski definition) is 3. The summed E-state index contributed by atoms with van der Waals surface area (Å²) >= 11 is 6.67.